The first-order chi connectivity index (χ1) is 4.88. The molecule has 0 radical (unpaired) electrons. The molecule has 1 nitrogen and oxygen atoms in total. The smallest absolute Gasteiger partial charge is 0.0876 e. The zero-order valence-corrected chi connectivity index (χ0v) is 5.54. The van der Waals surface area contributed by atoms with Crippen molar-refractivity contribution >= 4 is 12.0 Å². The number of aliphatic hydroxyl groups is 1. The van der Waals surface area contributed by atoms with Crippen LogP contribution in [-0.4, -0.2) is 5.11 Å². The van der Waals surface area contributed by atoms with Gasteiger partial charge in [-0.15, -0.1) is 5.73 Å². The lowest BCUT2D eigenvalue weighted by Crippen LogP contribution is -2.21. The van der Waals surface area contributed by atoms with Gasteiger partial charge in [0.1, 0.15) is 0 Å². The summed E-state index contributed by atoms with van der Waals surface area (Å²) >= 11 is 0. The molecule has 0 saturated heterocycles. The minimum atomic E-state index is 0.748. The lowest BCUT2D eigenvalue weighted by atomic mass is 10.2. The van der Waals surface area contributed by atoms with Crippen molar-refractivity contribution in [2.24, 2.45) is 0 Å². The Balaban J connectivity index is 3.70. The van der Waals surface area contributed by atoms with Crippen molar-refractivity contribution in [3.8, 4) is 0 Å². The second-order valence-electron chi connectivity index (χ2n) is 1.89. The van der Waals surface area contributed by atoms with Gasteiger partial charge in [-0.1, -0.05) is 24.8 Å². The van der Waals surface area contributed by atoms with E-state index in [1.807, 2.05) is 18.2 Å². The molecular weight excluding hydrogens is 124 g/mol. The molecule has 0 spiro atoms. The fourth-order valence-electron chi connectivity index (χ4n) is 0.771. The van der Waals surface area contributed by atoms with Crippen LogP contribution in [0.15, 0.2) is 30.8 Å². The normalized spacial score (nSPS) is 11.0. The Labute approximate surface area is 59.3 Å². The van der Waals surface area contributed by atoms with Gasteiger partial charge in [0.15, 0.2) is 0 Å². The van der Waals surface area contributed by atoms with E-state index in [1.165, 1.54) is 0 Å². The summed E-state index contributed by atoms with van der Waals surface area (Å²) in [6.45, 7) is 3.48. The molecule has 0 aromatic heterocycles. The predicted molar refractivity (Wildman–Crippen MR) is 41.8 cm³/mol. The molecule has 0 atom stereocenters. The average molecular weight is 132 g/mol. The fourth-order valence-corrected chi connectivity index (χ4v) is 0.771. The van der Waals surface area contributed by atoms with Crippen LogP contribution in [0, 0.1) is 0 Å². The third-order valence-corrected chi connectivity index (χ3v) is 1.29. The highest BCUT2D eigenvalue weighted by Crippen LogP contribution is 1.68. The van der Waals surface area contributed by atoms with Crippen molar-refractivity contribution < 1.29 is 5.11 Å². The summed E-state index contributed by atoms with van der Waals surface area (Å²) in [5.74, 6) is 0. The number of aliphatic hydroxyl groups excluding tert-OH is 1. The standard InChI is InChI=1S/C9H8O/c1-2-8-5-3-4-6-9(8)7-10/h3-7,10H,1H2/b9-7-. The van der Waals surface area contributed by atoms with Crippen molar-refractivity contribution in [3.63, 3.8) is 0 Å². The fraction of sp³-hybridized carbons (Fsp3) is 0. The molecule has 0 saturated carbocycles. The lowest BCUT2D eigenvalue weighted by molar-refractivity contribution is 0.540. The second-order valence-corrected chi connectivity index (χ2v) is 1.89. The Morgan fingerprint density at radius 1 is 1.40 bits per heavy atom. The highest BCUT2D eigenvalue weighted by Gasteiger charge is 1.78. The molecule has 1 heteroatoms. The van der Waals surface area contributed by atoms with E-state index in [1.54, 1.807) is 6.07 Å². The SMILES string of the molecule is C=C=c1cccc/c1=C/O. The summed E-state index contributed by atoms with van der Waals surface area (Å²) in [6, 6.07) is 7.37. The van der Waals surface area contributed by atoms with E-state index in [0.29, 0.717) is 0 Å². The Kier molecular flexibility index (Phi) is 1.93. The van der Waals surface area contributed by atoms with E-state index in [-0.39, 0.29) is 0 Å². The van der Waals surface area contributed by atoms with Gasteiger partial charge in [0.25, 0.3) is 0 Å². The van der Waals surface area contributed by atoms with Crippen LogP contribution in [0.4, 0.5) is 0 Å². The number of benzene rings is 1. The van der Waals surface area contributed by atoms with Crippen LogP contribution in [0.2, 0.25) is 0 Å². The molecule has 0 aliphatic rings. The minimum absolute atomic E-state index is 0.748. The van der Waals surface area contributed by atoms with E-state index in [4.69, 9.17) is 5.11 Å². The maximum atomic E-state index is 8.66. The Morgan fingerprint density at radius 2 is 2.10 bits per heavy atom. The first kappa shape index (κ1) is 6.66. The van der Waals surface area contributed by atoms with Gasteiger partial charge >= 0.3 is 0 Å². The number of rotatable bonds is 0. The van der Waals surface area contributed by atoms with Crippen LogP contribution in [-0.2, 0) is 0 Å². The third-order valence-electron chi connectivity index (χ3n) is 1.29. The van der Waals surface area contributed by atoms with Gasteiger partial charge in [-0.25, -0.2) is 0 Å². The molecule has 0 fully saturated rings. The largest absolute Gasteiger partial charge is 0.515 e. The van der Waals surface area contributed by atoms with Gasteiger partial charge in [-0.2, -0.15) is 0 Å². The number of hydrogen-bond donors (Lipinski definition) is 1. The summed E-state index contributed by atoms with van der Waals surface area (Å²) < 4.78 is 0. The zero-order chi connectivity index (χ0) is 7.40. The molecule has 0 amide bonds. The Morgan fingerprint density at radius 3 is 2.60 bits per heavy atom. The first-order valence-electron chi connectivity index (χ1n) is 2.98. The van der Waals surface area contributed by atoms with Crippen LogP contribution in [0.25, 0.3) is 12.0 Å². The van der Waals surface area contributed by atoms with Gasteiger partial charge in [0.2, 0.25) is 0 Å². The van der Waals surface area contributed by atoms with E-state index >= 15 is 0 Å². The lowest BCUT2D eigenvalue weighted by Gasteiger charge is -1.82. The number of hydrogen-bond acceptors (Lipinski definition) is 1. The van der Waals surface area contributed by atoms with Crippen molar-refractivity contribution in [3.05, 3.63) is 41.3 Å². The summed E-state index contributed by atoms with van der Waals surface area (Å²) in [4.78, 5) is 0. The first-order valence-corrected chi connectivity index (χ1v) is 2.98. The molecule has 1 aromatic rings. The summed E-state index contributed by atoms with van der Waals surface area (Å²) in [7, 11) is 0. The van der Waals surface area contributed by atoms with Gasteiger partial charge in [0.05, 0.1) is 6.26 Å². The molecule has 10 heavy (non-hydrogen) atoms. The maximum Gasteiger partial charge on any atom is 0.0876 e. The highest BCUT2D eigenvalue weighted by atomic mass is 16.2. The highest BCUT2D eigenvalue weighted by molar-refractivity contribution is 5.24. The minimum Gasteiger partial charge on any atom is -0.515 e. The average Bonchev–Trinajstić information content (AvgIpc) is 2.04. The molecule has 0 bridgehead atoms. The van der Waals surface area contributed by atoms with Gasteiger partial charge in [0, 0.05) is 10.4 Å². The summed E-state index contributed by atoms with van der Waals surface area (Å²) in [6.07, 6.45) is 1.05. The van der Waals surface area contributed by atoms with Crippen LogP contribution in [0.3, 0.4) is 0 Å². The van der Waals surface area contributed by atoms with Crippen molar-refractivity contribution in [1.82, 2.24) is 0 Å². The molecule has 1 aromatic carbocycles. The van der Waals surface area contributed by atoms with Crippen LogP contribution >= 0.6 is 0 Å². The van der Waals surface area contributed by atoms with E-state index in [0.717, 1.165) is 16.7 Å². The molecule has 0 unspecified atom stereocenters. The predicted octanol–water partition coefficient (Wildman–Crippen LogP) is 0.548. The quantitative estimate of drug-likeness (QED) is 0.546. The van der Waals surface area contributed by atoms with E-state index in [2.05, 4.69) is 12.3 Å². The Hall–Kier alpha value is -1.46. The summed E-state index contributed by atoms with van der Waals surface area (Å²) in [5.41, 5.74) is 2.71. The van der Waals surface area contributed by atoms with Gasteiger partial charge in [-0.05, 0) is 6.07 Å². The van der Waals surface area contributed by atoms with Crippen molar-refractivity contribution in [2.75, 3.05) is 0 Å². The molecule has 50 valence electrons. The van der Waals surface area contributed by atoms with Crippen LogP contribution in [0.5, 0.6) is 0 Å². The zero-order valence-electron chi connectivity index (χ0n) is 5.54. The summed E-state index contributed by atoms with van der Waals surface area (Å²) in [5, 5.41) is 10.2. The molecule has 0 aliphatic carbocycles. The molecule has 1 rings (SSSR count). The molecular formula is C9H8O. The molecule has 0 heterocycles. The van der Waals surface area contributed by atoms with Crippen LogP contribution in [0.1, 0.15) is 0 Å². The monoisotopic (exact) mass is 132 g/mol. The topological polar surface area (TPSA) is 20.2 Å². The van der Waals surface area contributed by atoms with E-state index in [9.17, 15) is 0 Å². The van der Waals surface area contributed by atoms with Crippen molar-refractivity contribution in [2.45, 2.75) is 0 Å². The Bertz CT molecular complexity index is 345. The molecule has 1 N–H and O–H groups in total. The van der Waals surface area contributed by atoms with Gasteiger partial charge < -0.3 is 5.11 Å². The van der Waals surface area contributed by atoms with Crippen molar-refractivity contribution in [1.29, 1.82) is 0 Å². The van der Waals surface area contributed by atoms with Crippen LogP contribution < -0.4 is 10.4 Å². The van der Waals surface area contributed by atoms with Gasteiger partial charge in [-0.3, -0.25) is 0 Å². The molecule has 0 aliphatic heterocycles. The van der Waals surface area contributed by atoms with E-state index < -0.39 is 0 Å². The maximum absolute atomic E-state index is 8.66. The second kappa shape index (κ2) is 2.90. The third kappa shape index (κ3) is 1.09.